The first-order chi connectivity index (χ1) is 14.5. The smallest absolute Gasteiger partial charge is 0.255 e. The van der Waals surface area contributed by atoms with Gasteiger partial charge in [-0.3, -0.25) is 4.79 Å². The van der Waals surface area contributed by atoms with Crippen molar-refractivity contribution in [2.75, 3.05) is 7.11 Å². The van der Waals surface area contributed by atoms with Gasteiger partial charge in [0.25, 0.3) is 5.91 Å². The van der Waals surface area contributed by atoms with Crippen molar-refractivity contribution in [3.8, 4) is 11.9 Å². The lowest BCUT2D eigenvalue weighted by Gasteiger charge is -2.26. The third-order valence-electron chi connectivity index (χ3n) is 5.26. The predicted molar refractivity (Wildman–Crippen MR) is 110 cm³/mol. The van der Waals surface area contributed by atoms with Crippen molar-refractivity contribution < 1.29 is 9.53 Å². The lowest BCUT2D eigenvalue weighted by Crippen LogP contribution is -2.29. The van der Waals surface area contributed by atoms with Gasteiger partial charge < -0.3 is 9.64 Å². The Bertz CT molecular complexity index is 1160. The second-order valence-corrected chi connectivity index (χ2v) is 7.43. The largest absolute Gasteiger partial charge is 0.481 e. The molecule has 2 aromatic heterocycles. The van der Waals surface area contributed by atoms with Crippen LogP contribution < -0.4 is 4.74 Å². The lowest BCUT2D eigenvalue weighted by atomic mass is 9.96. The SMILES string of the molecule is COc1ccc(CN2C(=O)c3ccc(Cl)cc3C2Cc2c(C)ncnc2C#N)cn1. The third-order valence-corrected chi connectivity index (χ3v) is 5.50. The fourth-order valence-corrected chi connectivity index (χ4v) is 3.91. The minimum Gasteiger partial charge on any atom is -0.481 e. The number of aryl methyl sites for hydroxylation is 1. The Hall–Kier alpha value is -3.50. The van der Waals surface area contributed by atoms with Gasteiger partial charge in [0.15, 0.2) is 0 Å². The maximum absolute atomic E-state index is 13.2. The van der Waals surface area contributed by atoms with Gasteiger partial charge in [0.2, 0.25) is 5.88 Å². The van der Waals surface area contributed by atoms with E-state index in [1.54, 1.807) is 36.4 Å². The van der Waals surface area contributed by atoms with Gasteiger partial charge in [-0.1, -0.05) is 17.7 Å². The Morgan fingerprint density at radius 1 is 1.23 bits per heavy atom. The van der Waals surface area contributed by atoms with E-state index in [0.29, 0.717) is 35.1 Å². The third kappa shape index (κ3) is 3.58. The van der Waals surface area contributed by atoms with Crippen LogP contribution in [-0.2, 0) is 13.0 Å². The molecule has 0 fully saturated rings. The number of rotatable bonds is 5. The van der Waals surface area contributed by atoms with Gasteiger partial charge in [-0.15, -0.1) is 0 Å². The zero-order valence-electron chi connectivity index (χ0n) is 16.5. The van der Waals surface area contributed by atoms with Crippen LogP contribution in [0.2, 0.25) is 5.02 Å². The number of nitriles is 1. The summed E-state index contributed by atoms with van der Waals surface area (Å²) in [5, 5.41) is 10.1. The number of halogens is 1. The number of ether oxygens (including phenoxy) is 1. The topological polar surface area (TPSA) is 92.0 Å². The van der Waals surface area contributed by atoms with Crippen molar-refractivity contribution in [3.63, 3.8) is 0 Å². The second kappa shape index (κ2) is 8.09. The molecule has 1 atom stereocenters. The summed E-state index contributed by atoms with van der Waals surface area (Å²) in [7, 11) is 1.56. The Labute approximate surface area is 178 Å². The average Bonchev–Trinajstić information content (AvgIpc) is 3.00. The molecule has 30 heavy (non-hydrogen) atoms. The summed E-state index contributed by atoms with van der Waals surface area (Å²) in [4.78, 5) is 27.6. The molecule has 0 saturated heterocycles. The first-order valence-electron chi connectivity index (χ1n) is 9.31. The maximum Gasteiger partial charge on any atom is 0.255 e. The number of carbonyl (C=O) groups is 1. The predicted octanol–water partition coefficient (Wildman–Crippen LogP) is 3.65. The van der Waals surface area contributed by atoms with Gasteiger partial charge in [-0.2, -0.15) is 5.26 Å². The van der Waals surface area contributed by atoms with E-state index in [4.69, 9.17) is 16.3 Å². The van der Waals surface area contributed by atoms with Gasteiger partial charge in [0, 0.05) is 47.1 Å². The van der Waals surface area contributed by atoms with Gasteiger partial charge in [0.1, 0.15) is 18.1 Å². The molecule has 0 spiro atoms. The maximum atomic E-state index is 13.2. The Kier molecular flexibility index (Phi) is 5.34. The van der Waals surface area contributed by atoms with Crippen LogP contribution >= 0.6 is 11.6 Å². The van der Waals surface area contributed by atoms with Crippen LogP contribution in [0.4, 0.5) is 0 Å². The Morgan fingerprint density at radius 3 is 2.77 bits per heavy atom. The number of pyridine rings is 1. The Morgan fingerprint density at radius 2 is 2.07 bits per heavy atom. The molecule has 8 heteroatoms. The number of benzene rings is 1. The van der Waals surface area contributed by atoms with E-state index in [0.717, 1.165) is 22.4 Å². The fraction of sp³-hybridized carbons (Fsp3) is 0.227. The van der Waals surface area contributed by atoms with E-state index in [-0.39, 0.29) is 11.9 Å². The summed E-state index contributed by atoms with van der Waals surface area (Å²) >= 11 is 6.24. The number of fused-ring (bicyclic) bond motifs is 1. The zero-order valence-corrected chi connectivity index (χ0v) is 17.2. The van der Waals surface area contributed by atoms with Crippen molar-refractivity contribution in [2.24, 2.45) is 0 Å². The monoisotopic (exact) mass is 419 g/mol. The van der Waals surface area contributed by atoms with E-state index in [9.17, 15) is 10.1 Å². The summed E-state index contributed by atoms with van der Waals surface area (Å²) in [5.74, 6) is 0.421. The van der Waals surface area contributed by atoms with E-state index >= 15 is 0 Å². The summed E-state index contributed by atoms with van der Waals surface area (Å²) < 4.78 is 5.11. The molecule has 0 saturated carbocycles. The van der Waals surface area contributed by atoms with Crippen LogP contribution in [0.3, 0.4) is 0 Å². The van der Waals surface area contributed by atoms with Crippen molar-refractivity contribution in [2.45, 2.75) is 25.9 Å². The molecule has 1 aliphatic heterocycles. The molecular formula is C22H18ClN5O2. The quantitative estimate of drug-likeness (QED) is 0.626. The molecule has 4 rings (SSSR count). The fourth-order valence-electron chi connectivity index (χ4n) is 3.73. The van der Waals surface area contributed by atoms with Crippen LogP contribution in [0, 0.1) is 18.3 Å². The summed E-state index contributed by atoms with van der Waals surface area (Å²) in [6, 6.07) is 10.7. The molecular weight excluding hydrogens is 402 g/mol. The molecule has 150 valence electrons. The molecule has 1 amide bonds. The minimum absolute atomic E-state index is 0.0875. The number of carbonyl (C=O) groups excluding carboxylic acids is 1. The zero-order chi connectivity index (χ0) is 21.3. The van der Waals surface area contributed by atoms with Gasteiger partial charge in [0.05, 0.1) is 13.2 Å². The van der Waals surface area contributed by atoms with E-state index in [2.05, 4.69) is 21.0 Å². The van der Waals surface area contributed by atoms with Crippen molar-refractivity contribution in [1.82, 2.24) is 19.9 Å². The molecule has 0 N–H and O–H groups in total. The number of hydrogen-bond donors (Lipinski definition) is 0. The van der Waals surface area contributed by atoms with Crippen molar-refractivity contribution in [1.29, 1.82) is 5.26 Å². The first-order valence-corrected chi connectivity index (χ1v) is 9.69. The number of nitrogens with zero attached hydrogens (tertiary/aromatic N) is 5. The van der Waals surface area contributed by atoms with Gasteiger partial charge >= 0.3 is 0 Å². The first kappa shape index (κ1) is 19.8. The highest BCUT2D eigenvalue weighted by atomic mass is 35.5. The molecule has 1 aromatic carbocycles. The molecule has 0 bridgehead atoms. The van der Waals surface area contributed by atoms with E-state index in [1.165, 1.54) is 6.33 Å². The standard InChI is InChI=1S/C22H18ClN5O2/c1-13-17(19(9-24)27-12-26-13)8-20-18-7-15(23)4-5-16(18)22(29)28(20)11-14-3-6-21(30-2)25-10-14/h3-7,10,12,20H,8,11H2,1-2H3. The van der Waals surface area contributed by atoms with Gasteiger partial charge in [-0.05, 0) is 36.2 Å². The van der Waals surface area contributed by atoms with Crippen LogP contribution in [-0.4, -0.2) is 32.9 Å². The van der Waals surface area contributed by atoms with Crippen LogP contribution in [0.1, 0.15) is 44.5 Å². The molecule has 1 unspecified atom stereocenters. The second-order valence-electron chi connectivity index (χ2n) is 6.99. The lowest BCUT2D eigenvalue weighted by molar-refractivity contribution is 0.0708. The highest BCUT2D eigenvalue weighted by Gasteiger charge is 2.37. The normalized spacial score (nSPS) is 15.1. The highest BCUT2D eigenvalue weighted by Crippen LogP contribution is 2.39. The molecule has 0 radical (unpaired) electrons. The molecule has 0 aliphatic carbocycles. The van der Waals surface area contributed by atoms with E-state index in [1.807, 2.05) is 19.1 Å². The number of amides is 1. The summed E-state index contributed by atoms with van der Waals surface area (Å²) in [6.45, 7) is 2.20. The van der Waals surface area contributed by atoms with Crippen LogP contribution in [0.15, 0.2) is 42.9 Å². The molecule has 3 aromatic rings. The summed E-state index contributed by atoms with van der Waals surface area (Å²) in [5.41, 5.74) is 4.07. The van der Waals surface area contributed by atoms with Gasteiger partial charge in [-0.25, -0.2) is 15.0 Å². The van der Waals surface area contributed by atoms with Crippen LogP contribution in [0.5, 0.6) is 5.88 Å². The summed E-state index contributed by atoms with van der Waals surface area (Å²) in [6.07, 6.45) is 3.48. The van der Waals surface area contributed by atoms with Crippen LogP contribution in [0.25, 0.3) is 0 Å². The highest BCUT2D eigenvalue weighted by molar-refractivity contribution is 6.30. The number of aromatic nitrogens is 3. The number of methoxy groups -OCH3 is 1. The van der Waals surface area contributed by atoms with E-state index < -0.39 is 0 Å². The molecule has 1 aliphatic rings. The molecule has 3 heterocycles. The minimum atomic E-state index is -0.301. The van der Waals surface area contributed by atoms with Crippen molar-refractivity contribution in [3.05, 3.63) is 81.5 Å². The molecule has 7 nitrogen and oxygen atoms in total. The average molecular weight is 420 g/mol. The Balaban J connectivity index is 1.74. The van der Waals surface area contributed by atoms with Crippen molar-refractivity contribution >= 4 is 17.5 Å². The number of hydrogen-bond acceptors (Lipinski definition) is 6.